The van der Waals surface area contributed by atoms with Gasteiger partial charge in [0.25, 0.3) is 0 Å². The molecule has 0 aliphatic rings. The second-order valence-electron chi connectivity index (χ2n) is 4.42. The van der Waals surface area contributed by atoms with Gasteiger partial charge in [-0.05, 0) is 45.1 Å². The first kappa shape index (κ1) is 14.5. The van der Waals surface area contributed by atoms with E-state index < -0.39 is 0 Å². The summed E-state index contributed by atoms with van der Waals surface area (Å²) in [6, 6.07) is 9.71. The van der Waals surface area contributed by atoms with Crippen LogP contribution in [0.4, 0.5) is 0 Å². The zero-order valence-corrected chi connectivity index (χ0v) is 11.1. The second-order valence-corrected chi connectivity index (χ2v) is 4.42. The molecule has 0 radical (unpaired) electrons. The van der Waals surface area contributed by atoms with Gasteiger partial charge in [-0.1, -0.05) is 30.3 Å². The summed E-state index contributed by atoms with van der Waals surface area (Å²) < 4.78 is 5.10. The highest BCUT2D eigenvalue weighted by Gasteiger charge is 1.97. The van der Waals surface area contributed by atoms with Crippen LogP contribution in [-0.4, -0.2) is 38.1 Å². The third kappa shape index (κ3) is 6.86. The number of carbonyl (C=O) groups excluding carboxylic acids is 1. The van der Waals surface area contributed by atoms with Gasteiger partial charge in [-0.25, -0.2) is 4.79 Å². The molecule has 0 saturated heterocycles. The van der Waals surface area contributed by atoms with Gasteiger partial charge in [0.1, 0.15) is 0 Å². The van der Waals surface area contributed by atoms with Crippen LogP contribution in [0.2, 0.25) is 0 Å². The molecule has 0 heterocycles. The average Bonchev–Trinajstić information content (AvgIpc) is 2.37. The molecule has 0 fully saturated rings. The summed E-state index contributed by atoms with van der Waals surface area (Å²) in [5.41, 5.74) is 1.00. The van der Waals surface area contributed by atoms with Crippen molar-refractivity contribution in [3.05, 3.63) is 42.0 Å². The number of esters is 1. The molecule has 1 rings (SSSR count). The topological polar surface area (TPSA) is 29.5 Å². The number of hydrogen-bond acceptors (Lipinski definition) is 3. The molecule has 0 unspecified atom stereocenters. The van der Waals surface area contributed by atoms with E-state index in [1.54, 1.807) is 6.08 Å². The molecular weight excluding hydrogens is 226 g/mol. The van der Waals surface area contributed by atoms with Crippen LogP contribution in [0.5, 0.6) is 0 Å². The Balaban J connectivity index is 2.16. The molecule has 0 aliphatic heterocycles. The van der Waals surface area contributed by atoms with Crippen molar-refractivity contribution < 1.29 is 9.53 Å². The molecular formula is C15H21NO2. The van der Waals surface area contributed by atoms with Gasteiger partial charge in [0.05, 0.1) is 6.61 Å². The fourth-order valence-electron chi connectivity index (χ4n) is 1.48. The lowest BCUT2D eigenvalue weighted by Crippen LogP contribution is -2.13. The van der Waals surface area contributed by atoms with Gasteiger partial charge in [-0.2, -0.15) is 0 Å². The van der Waals surface area contributed by atoms with Gasteiger partial charge in [0, 0.05) is 6.08 Å². The lowest BCUT2D eigenvalue weighted by molar-refractivity contribution is -0.137. The molecule has 0 saturated carbocycles. The number of ether oxygens (including phenoxy) is 1. The third-order valence-electron chi connectivity index (χ3n) is 2.46. The highest BCUT2D eigenvalue weighted by Crippen LogP contribution is 2.01. The van der Waals surface area contributed by atoms with E-state index in [0.29, 0.717) is 6.61 Å². The van der Waals surface area contributed by atoms with Gasteiger partial charge in [-0.15, -0.1) is 0 Å². The van der Waals surface area contributed by atoms with Crippen molar-refractivity contribution in [1.29, 1.82) is 0 Å². The first-order chi connectivity index (χ1) is 8.68. The van der Waals surface area contributed by atoms with Crippen molar-refractivity contribution in [1.82, 2.24) is 4.90 Å². The quantitative estimate of drug-likeness (QED) is 0.421. The summed E-state index contributed by atoms with van der Waals surface area (Å²) in [7, 11) is 4.07. The van der Waals surface area contributed by atoms with Crippen LogP contribution in [0.3, 0.4) is 0 Å². The van der Waals surface area contributed by atoms with E-state index in [9.17, 15) is 4.79 Å². The summed E-state index contributed by atoms with van der Waals surface area (Å²) in [6.07, 6.45) is 5.19. The van der Waals surface area contributed by atoms with Crippen molar-refractivity contribution in [3.63, 3.8) is 0 Å². The SMILES string of the molecule is CN(C)CCCCOC(=O)/C=C/c1ccccc1. The molecule has 18 heavy (non-hydrogen) atoms. The highest BCUT2D eigenvalue weighted by atomic mass is 16.5. The molecule has 0 N–H and O–H groups in total. The molecule has 0 amide bonds. The minimum atomic E-state index is -0.274. The first-order valence-electron chi connectivity index (χ1n) is 6.23. The van der Waals surface area contributed by atoms with E-state index in [1.807, 2.05) is 44.4 Å². The van der Waals surface area contributed by atoms with E-state index in [-0.39, 0.29) is 5.97 Å². The molecule has 0 aromatic heterocycles. The van der Waals surface area contributed by atoms with Crippen molar-refractivity contribution in [2.75, 3.05) is 27.2 Å². The molecule has 1 aromatic carbocycles. The molecule has 3 nitrogen and oxygen atoms in total. The summed E-state index contributed by atoms with van der Waals surface area (Å²) in [6.45, 7) is 1.52. The second kappa shape index (κ2) is 8.48. The molecule has 0 aliphatic carbocycles. The number of nitrogens with zero attached hydrogens (tertiary/aromatic N) is 1. The Morgan fingerprint density at radius 1 is 1.22 bits per heavy atom. The Kier molecular flexibility index (Phi) is 6.81. The van der Waals surface area contributed by atoms with Crippen LogP contribution < -0.4 is 0 Å². The van der Waals surface area contributed by atoms with E-state index >= 15 is 0 Å². The maximum Gasteiger partial charge on any atom is 0.330 e. The van der Waals surface area contributed by atoms with Crippen LogP contribution in [0, 0.1) is 0 Å². The Morgan fingerprint density at radius 3 is 2.61 bits per heavy atom. The lowest BCUT2D eigenvalue weighted by Gasteiger charge is -2.08. The Labute approximate surface area is 109 Å². The monoisotopic (exact) mass is 247 g/mol. The van der Waals surface area contributed by atoms with Crippen molar-refractivity contribution in [2.45, 2.75) is 12.8 Å². The molecule has 0 atom stereocenters. The number of rotatable bonds is 7. The smallest absolute Gasteiger partial charge is 0.330 e. The van der Waals surface area contributed by atoms with Gasteiger partial charge in [-0.3, -0.25) is 0 Å². The predicted octanol–water partition coefficient (Wildman–Crippen LogP) is 2.58. The number of unbranched alkanes of at least 4 members (excludes halogenated alkanes) is 1. The highest BCUT2D eigenvalue weighted by molar-refractivity contribution is 5.86. The fraction of sp³-hybridized carbons (Fsp3) is 0.400. The first-order valence-corrected chi connectivity index (χ1v) is 6.23. The van der Waals surface area contributed by atoms with E-state index in [1.165, 1.54) is 6.08 Å². The van der Waals surface area contributed by atoms with Crippen LogP contribution in [0.25, 0.3) is 6.08 Å². The number of hydrogen-bond donors (Lipinski definition) is 0. The number of carbonyl (C=O) groups is 1. The minimum absolute atomic E-state index is 0.274. The van der Waals surface area contributed by atoms with Crippen LogP contribution in [-0.2, 0) is 9.53 Å². The Hall–Kier alpha value is -1.61. The molecule has 1 aromatic rings. The third-order valence-corrected chi connectivity index (χ3v) is 2.46. The zero-order valence-electron chi connectivity index (χ0n) is 11.1. The van der Waals surface area contributed by atoms with Crippen LogP contribution in [0.15, 0.2) is 36.4 Å². The Morgan fingerprint density at radius 2 is 1.94 bits per heavy atom. The zero-order chi connectivity index (χ0) is 13.2. The standard InChI is InChI=1S/C15H21NO2/c1-16(2)12-6-7-13-18-15(17)11-10-14-8-4-3-5-9-14/h3-5,8-11H,6-7,12-13H2,1-2H3/b11-10+. The lowest BCUT2D eigenvalue weighted by atomic mass is 10.2. The number of benzene rings is 1. The largest absolute Gasteiger partial charge is 0.463 e. The molecule has 0 bridgehead atoms. The molecule has 3 heteroatoms. The summed E-state index contributed by atoms with van der Waals surface area (Å²) in [4.78, 5) is 13.5. The van der Waals surface area contributed by atoms with Crippen LogP contribution >= 0.6 is 0 Å². The van der Waals surface area contributed by atoms with Gasteiger partial charge in [0.2, 0.25) is 0 Å². The van der Waals surface area contributed by atoms with Crippen molar-refractivity contribution >= 4 is 12.0 Å². The van der Waals surface area contributed by atoms with Crippen molar-refractivity contribution in [3.8, 4) is 0 Å². The fourth-order valence-corrected chi connectivity index (χ4v) is 1.48. The predicted molar refractivity (Wildman–Crippen MR) is 74.2 cm³/mol. The maximum atomic E-state index is 11.4. The Bertz CT molecular complexity index is 371. The van der Waals surface area contributed by atoms with E-state index in [4.69, 9.17) is 4.74 Å². The van der Waals surface area contributed by atoms with E-state index in [2.05, 4.69) is 4.90 Å². The van der Waals surface area contributed by atoms with Crippen LogP contribution in [0.1, 0.15) is 18.4 Å². The van der Waals surface area contributed by atoms with Gasteiger partial charge in [0.15, 0.2) is 0 Å². The van der Waals surface area contributed by atoms with Crippen molar-refractivity contribution in [2.24, 2.45) is 0 Å². The summed E-state index contributed by atoms with van der Waals surface area (Å²) in [5.74, 6) is -0.274. The average molecular weight is 247 g/mol. The van der Waals surface area contributed by atoms with Gasteiger partial charge >= 0.3 is 5.97 Å². The molecule has 98 valence electrons. The maximum absolute atomic E-state index is 11.4. The molecule has 0 spiro atoms. The summed E-state index contributed by atoms with van der Waals surface area (Å²) >= 11 is 0. The van der Waals surface area contributed by atoms with E-state index in [0.717, 1.165) is 24.9 Å². The summed E-state index contributed by atoms with van der Waals surface area (Å²) in [5, 5.41) is 0. The van der Waals surface area contributed by atoms with Gasteiger partial charge < -0.3 is 9.64 Å². The normalized spacial score (nSPS) is 11.1. The minimum Gasteiger partial charge on any atom is -0.463 e.